The summed E-state index contributed by atoms with van der Waals surface area (Å²) < 4.78 is 75.5. The van der Waals surface area contributed by atoms with E-state index in [0.717, 1.165) is 0 Å². The fourth-order valence-electron chi connectivity index (χ4n) is 4.41. The third kappa shape index (κ3) is 4.50. The Morgan fingerprint density at radius 1 is 1.29 bits per heavy atom. The van der Waals surface area contributed by atoms with Gasteiger partial charge in [-0.2, -0.15) is 4.72 Å². The van der Waals surface area contributed by atoms with Gasteiger partial charge in [0.2, 0.25) is 10.0 Å². The number of alkyl halides is 3. The Kier molecular flexibility index (Phi) is 6.24. The Hall–Kier alpha value is -2.33. The van der Waals surface area contributed by atoms with Gasteiger partial charge in [0, 0.05) is 31.4 Å². The van der Waals surface area contributed by atoms with E-state index >= 15 is 0 Å². The zero-order chi connectivity index (χ0) is 25.0. The van der Waals surface area contributed by atoms with Gasteiger partial charge in [-0.05, 0) is 19.9 Å². The average Bonchev–Trinajstić information content (AvgIpc) is 3.42. The number of imidazole rings is 1. The van der Waals surface area contributed by atoms with E-state index in [4.69, 9.17) is 4.74 Å². The Bertz CT molecular complexity index is 1330. The van der Waals surface area contributed by atoms with Crippen LogP contribution < -0.4 is 14.9 Å². The van der Waals surface area contributed by atoms with Crippen molar-refractivity contribution in [2.75, 3.05) is 37.9 Å². The summed E-state index contributed by atoms with van der Waals surface area (Å²) >= 11 is 0.685. The standard InChI is InChI=1S/C20H24F3N7O3S2/c1-11-5-29(6-12(2)25-11)14-3-13(35(31,32)28-20(8-21)9-33-10-20)7-30-15(14)4-24-17(30)19-27-26-18(34-19)16(22)23/h3-4,7,11-12,16,25,28H,5-6,8-10H2,1-2H3/t11-,12-/m0/s1. The minimum atomic E-state index is -4.17. The third-order valence-corrected chi connectivity index (χ3v) is 8.46. The molecule has 10 nitrogen and oxygen atoms in total. The first-order valence-electron chi connectivity index (χ1n) is 10.9. The number of sulfonamides is 1. The second-order valence-electron chi connectivity index (χ2n) is 9.03. The monoisotopic (exact) mass is 531 g/mol. The highest BCUT2D eigenvalue weighted by molar-refractivity contribution is 7.89. The van der Waals surface area contributed by atoms with Crippen molar-refractivity contribution in [2.45, 2.75) is 42.8 Å². The molecule has 0 saturated carbocycles. The Morgan fingerprint density at radius 2 is 2.00 bits per heavy atom. The number of fused-ring (bicyclic) bond motifs is 1. The number of anilines is 1. The van der Waals surface area contributed by atoms with E-state index in [0.29, 0.717) is 35.6 Å². The lowest BCUT2D eigenvalue weighted by molar-refractivity contribution is -0.0725. The van der Waals surface area contributed by atoms with E-state index < -0.39 is 33.7 Å². The van der Waals surface area contributed by atoms with Crippen molar-refractivity contribution in [3.8, 4) is 10.8 Å². The fraction of sp³-hybridized carbons (Fsp3) is 0.550. The molecule has 0 aromatic carbocycles. The SMILES string of the molecule is C[C@H]1CN(c2cc(S(=O)(=O)NC3(CF)COC3)cn3c(-c4nnc(C(F)F)s4)ncc23)C[C@H](C)N1. The molecule has 2 saturated heterocycles. The minimum absolute atomic E-state index is 0.0673. The van der Waals surface area contributed by atoms with E-state index in [1.165, 1.54) is 16.7 Å². The molecule has 0 aliphatic carbocycles. The predicted molar refractivity (Wildman–Crippen MR) is 123 cm³/mol. The summed E-state index contributed by atoms with van der Waals surface area (Å²) in [6.07, 6.45) is 0.111. The van der Waals surface area contributed by atoms with Crippen LogP contribution in [-0.4, -0.2) is 78.6 Å². The zero-order valence-electron chi connectivity index (χ0n) is 18.9. The molecule has 5 rings (SSSR count). The van der Waals surface area contributed by atoms with Gasteiger partial charge in [0.15, 0.2) is 15.8 Å². The molecule has 35 heavy (non-hydrogen) atoms. The number of piperazine rings is 1. The molecule has 2 fully saturated rings. The molecule has 2 aliphatic rings. The second kappa shape index (κ2) is 8.96. The molecule has 0 radical (unpaired) electrons. The summed E-state index contributed by atoms with van der Waals surface area (Å²) in [5.41, 5.74) is -0.124. The molecule has 0 amide bonds. The summed E-state index contributed by atoms with van der Waals surface area (Å²) in [6, 6.07) is 1.81. The number of halogens is 3. The van der Waals surface area contributed by atoms with Gasteiger partial charge in [-0.3, -0.25) is 4.40 Å². The van der Waals surface area contributed by atoms with Crippen LogP contribution in [0, 0.1) is 0 Å². The highest BCUT2D eigenvalue weighted by Gasteiger charge is 2.43. The van der Waals surface area contributed by atoms with Gasteiger partial charge >= 0.3 is 0 Å². The van der Waals surface area contributed by atoms with Crippen molar-refractivity contribution < 1.29 is 26.3 Å². The van der Waals surface area contributed by atoms with Crippen LogP contribution >= 0.6 is 11.3 Å². The lowest BCUT2D eigenvalue weighted by atomic mass is 10.0. The molecule has 0 unspecified atom stereocenters. The van der Waals surface area contributed by atoms with E-state index in [1.54, 1.807) is 6.20 Å². The molecular weight excluding hydrogens is 507 g/mol. The van der Waals surface area contributed by atoms with E-state index in [-0.39, 0.29) is 41.0 Å². The first-order valence-corrected chi connectivity index (χ1v) is 13.2. The molecule has 3 aromatic rings. The van der Waals surface area contributed by atoms with Crippen molar-refractivity contribution in [3.05, 3.63) is 23.5 Å². The highest BCUT2D eigenvalue weighted by atomic mass is 32.2. The van der Waals surface area contributed by atoms with Crippen LogP contribution in [0.4, 0.5) is 18.9 Å². The Morgan fingerprint density at radius 3 is 2.57 bits per heavy atom. The van der Waals surface area contributed by atoms with Crippen molar-refractivity contribution in [3.63, 3.8) is 0 Å². The van der Waals surface area contributed by atoms with Crippen molar-refractivity contribution >= 4 is 32.6 Å². The van der Waals surface area contributed by atoms with Gasteiger partial charge in [0.05, 0.1) is 30.6 Å². The minimum Gasteiger partial charge on any atom is -0.377 e. The largest absolute Gasteiger partial charge is 0.377 e. The Balaban J connectivity index is 1.65. The van der Waals surface area contributed by atoms with Crippen molar-refractivity contribution in [2.24, 2.45) is 0 Å². The van der Waals surface area contributed by atoms with Gasteiger partial charge in [0.1, 0.15) is 17.1 Å². The van der Waals surface area contributed by atoms with Gasteiger partial charge in [-0.25, -0.2) is 26.6 Å². The molecule has 2 atom stereocenters. The van der Waals surface area contributed by atoms with Crippen LogP contribution in [0.5, 0.6) is 0 Å². The summed E-state index contributed by atoms with van der Waals surface area (Å²) in [4.78, 5) is 6.30. The van der Waals surface area contributed by atoms with Crippen LogP contribution in [0.1, 0.15) is 25.3 Å². The first-order chi connectivity index (χ1) is 16.6. The second-order valence-corrected chi connectivity index (χ2v) is 11.7. The van der Waals surface area contributed by atoms with Gasteiger partial charge < -0.3 is 15.0 Å². The van der Waals surface area contributed by atoms with Gasteiger partial charge in [-0.1, -0.05) is 11.3 Å². The number of aromatic nitrogens is 4. The number of pyridine rings is 1. The van der Waals surface area contributed by atoms with Crippen LogP contribution in [0.15, 0.2) is 23.4 Å². The molecule has 0 bridgehead atoms. The van der Waals surface area contributed by atoms with Gasteiger partial charge in [0.25, 0.3) is 6.43 Å². The van der Waals surface area contributed by atoms with Crippen molar-refractivity contribution in [1.29, 1.82) is 0 Å². The topological polar surface area (TPSA) is 114 Å². The molecular formula is C20H24F3N7O3S2. The average molecular weight is 532 g/mol. The summed E-state index contributed by atoms with van der Waals surface area (Å²) in [5.74, 6) is 0.186. The van der Waals surface area contributed by atoms with E-state index in [1.807, 2.05) is 18.7 Å². The lowest BCUT2D eigenvalue weighted by Gasteiger charge is -2.39. The molecule has 190 valence electrons. The number of nitrogens with one attached hydrogen (secondary N) is 2. The zero-order valence-corrected chi connectivity index (χ0v) is 20.5. The summed E-state index contributed by atoms with van der Waals surface area (Å²) in [5, 5.41) is 10.5. The van der Waals surface area contributed by atoms with E-state index in [2.05, 4.69) is 25.2 Å². The number of hydrogen-bond donors (Lipinski definition) is 2. The van der Waals surface area contributed by atoms with Gasteiger partial charge in [-0.15, -0.1) is 10.2 Å². The summed E-state index contributed by atoms with van der Waals surface area (Å²) in [7, 11) is -4.17. The maximum Gasteiger partial charge on any atom is 0.291 e. The molecule has 15 heteroatoms. The molecule has 0 spiro atoms. The Labute approximate surface area is 203 Å². The molecule has 2 aliphatic heterocycles. The molecule has 3 aromatic heterocycles. The number of rotatable bonds is 7. The fourth-order valence-corrected chi connectivity index (χ4v) is 6.47. The highest BCUT2D eigenvalue weighted by Crippen LogP contribution is 2.34. The summed E-state index contributed by atoms with van der Waals surface area (Å²) in [6.45, 7) is 4.22. The molecule has 5 heterocycles. The van der Waals surface area contributed by atoms with E-state index in [9.17, 15) is 21.6 Å². The normalized spacial score (nSPS) is 22.6. The molecule has 2 N–H and O–H groups in total. The smallest absolute Gasteiger partial charge is 0.291 e. The van der Waals surface area contributed by atoms with Crippen molar-refractivity contribution in [1.82, 2.24) is 29.6 Å². The number of ether oxygens (including phenoxy) is 1. The predicted octanol–water partition coefficient (Wildman–Crippen LogP) is 1.99. The van der Waals surface area contributed by atoms with Crippen LogP contribution in [-0.2, 0) is 14.8 Å². The first kappa shape index (κ1) is 24.4. The quantitative estimate of drug-likeness (QED) is 0.476. The van der Waals surface area contributed by atoms with Crippen LogP contribution in [0.2, 0.25) is 0 Å². The maximum atomic E-state index is 13.6. The third-order valence-electron chi connectivity index (χ3n) is 5.99. The maximum absolute atomic E-state index is 13.6. The van der Waals surface area contributed by atoms with Crippen LogP contribution in [0.3, 0.4) is 0 Å². The lowest BCUT2D eigenvalue weighted by Crippen LogP contribution is -2.63. The number of nitrogens with zero attached hydrogens (tertiary/aromatic N) is 5. The van der Waals surface area contributed by atoms with Crippen LogP contribution in [0.25, 0.3) is 16.3 Å². The number of hydrogen-bond acceptors (Lipinski definition) is 9.